The molecule has 17 heavy (non-hydrogen) atoms. The molecule has 0 aliphatic carbocycles. The van der Waals surface area contributed by atoms with Gasteiger partial charge in [0.05, 0.1) is 0 Å². The Morgan fingerprint density at radius 3 is 2.29 bits per heavy atom. The third kappa shape index (κ3) is 6.81. The Morgan fingerprint density at radius 1 is 1.18 bits per heavy atom. The fraction of sp³-hybridized carbons (Fsp3) is 1.00. The van der Waals surface area contributed by atoms with E-state index in [-0.39, 0.29) is 12.5 Å². The molecule has 0 bridgehead atoms. The summed E-state index contributed by atoms with van der Waals surface area (Å²) < 4.78 is 61.4. The van der Waals surface area contributed by atoms with Gasteiger partial charge in [-0.05, 0) is 31.8 Å². The topological polar surface area (TPSA) is 70.2 Å². The average Bonchev–Trinajstić information content (AvgIpc) is 2.25. The summed E-state index contributed by atoms with van der Waals surface area (Å²) in [6.45, 7) is 0.244. The van der Waals surface area contributed by atoms with Gasteiger partial charge in [-0.1, -0.05) is 0 Å². The molecule has 1 heterocycles. The van der Waals surface area contributed by atoms with Gasteiger partial charge in [-0.2, -0.15) is 26.3 Å². The van der Waals surface area contributed by atoms with Crippen molar-refractivity contribution >= 4 is 10.2 Å². The van der Waals surface area contributed by atoms with Crippen molar-refractivity contribution in [3.8, 4) is 0 Å². The minimum Gasteiger partial charge on any atom is -0.317 e. The molecule has 0 amide bonds. The van der Waals surface area contributed by atoms with Crippen LogP contribution in [0, 0.1) is 5.92 Å². The van der Waals surface area contributed by atoms with E-state index >= 15 is 0 Å². The third-order valence-electron chi connectivity index (χ3n) is 2.48. The molecule has 1 aliphatic rings. The first-order chi connectivity index (χ1) is 7.79. The van der Waals surface area contributed by atoms with E-state index in [4.69, 9.17) is 0 Å². The lowest BCUT2D eigenvalue weighted by molar-refractivity contribution is -0.121. The normalized spacial score (nSPS) is 19.5. The third-order valence-corrected chi connectivity index (χ3v) is 3.55. The Hall–Kier alpha value is -0.380. The fourth-order valence-electron chi connectivity index (χ4n) is 1.54. The van der Waals surface area contributed by atoms with E-state index in [9.17, 15) is 21.6 Å². The Bertz CT molecular complexity index is 325. The average molecular weight is 275 g/mol. The standard InChI is InChI=1S/C8H16F3N3O2S/c9-8(10,11)6-14-17(15,16)13-5-7-1-3-12-4-2-7/h7,12-14H,1-6H2. The van der Waals surface area contributed by atoms with Gasteiger partial charge in [-0.25, -0.2) is 4.72 Å². The lowest BCUT2D eigenvalue weighted by Gasteiger charge is -2.22. The lowest BCUT2D eigenvalue weighted by atomic mass is 9.99. The van der Waals surface area contributed by atoms with E-state index in [0.717, 1.165) is 25.9 Å². The second-order valence-electron chi connectivity index (χ2n) is 3.98. The van der Waals surface area contributed by atoms with E-state index in [1.165, 1.54) is 4.72 Å². The summed E-state index contributed by atoms with van der Waals surface area (Å²) in [7, 11) is -4.05. The van der Waals surface area contributed by atoms with Gasteiger partial charge < -0.3 is 5.32 Å². The molecule has 0 aromatic heterocycles. The molecule has 1 fully saturated rings. The smallest absolute Gasteiger partial charge is 0.317 e. The Morgan fingerprint density at radius 2 is 1.76 bits per heavy atom. The maximum absolute atomic E-state index is 11.8. The van der Waals surface area contributed by atoms with Crippen LogP contribution in [-0.4, -0.2) is 40.8 Å². The van der Waals surface area contributed by atoms with Crippen molar-refractivity contribution in [1.82, 2.24) is 14.8 Å². The van der Waals surface area contributed by atoms with Gasteiger partial charge in [-0.3, -0.25) is 0 Å². The molecule has 1 aliphatic heterocycles. The maximum atomic E-state index is 11.8. The summed E-state index contributed by atoms with van der Waals surface area (Å²) in [5.74, 6) is 0.179. The van der Waals surface area contributed by atoms with Crippen molar-refractivity contribution in [1.29, 1.82) is 0 Å². The van der Waals surface area contributed by atoms with E-state index in [0.29, 0.717) is 0 Å². The number of hydrogen-bond acceptors (Lipinski definition) is 3. The summed E-state index contributed by atoms with van der Waals surface area (Å²) in [5, 5.41) is 3.12. The van der Waals surface area contributed by atoms with Gasteiger partial charge in [-0.15, -0.1) is 0 Å². The molecule has 0 radical (unpaired) electrons. The summed E-state index contributed by atoms with van der Waals surface area (Å²) >= 11 is 0. The SMILES string of the molecule is O=S(=O)(NCC1CCNCC1)NCC(F)(F)F. The van der Waals surface area contributed by atoms with Gasteiger partial charge in [0, 0.05) is 6.54 Å². The first-order valence-electron chi connectivity index (χ1n) is 5.30. The van der Waals surface area contributed by atoms with Crippen LogP contribution in [0.5, 0.6) is 0 Å². The van der Waals surface area contributed by atoms with Crippen molar-refractivity contribution in [2.75, 3.05) is 26.2 Å². The van der Waals surface area contributed by atoms with Crippen molar-refractivity contribution in [2.45, 2.75) is 19.0 Å². The van der Waals surface area contributed by atoms with Crippen LogP contribution < -0.4 is 14.8 Å². The molecule has 1 saturated heterocycles. The van der Waals surface area contributed by atoms with E-state index in [1.807, 2.05) is 0 Å². The van der Waals surface area contributed by atoms with Gasteiger partial charge in [0.1, 0.15) is 6.54 Å². The molecule has 5 nitrogen and oxygen atoms in total. The summed E-state index contributed by atoms with van der Waals surface area (Å²) in [6.07, 6.45) is -2.90. The van der Waals surface area contributed by atoms with Crippen LogP contribution >= 0.6 is 0 Å². The molecular formula is C8H16F3N3O2S. The second kappa shape index (κ2) is 5.98. The number of piperidine rings is 1. The number of halogens is 3. The van der Waals surface area contributed by atoms with Crippen LogP contribution in [0.1, 0.15) is 12.8 Å². The lowest BCUT2D eigenvalue weighted by Crippen LogP contribution is -2.44. The number of rotatable bonds is 5. The first kappa shape index (κ1) is 14.7. The van der Waals surface area contributed by atoms with Crippen LogP contribution in [0.15, 0.2) is 0 Å². The first-order valence-corrected chi connectivity index (χ1v) is 6.78. The minimum atomic E-state index is -4.54. The summed E-state index contributed by atoms with van der Waals surface area (Å²) in [4.78, 5) is 0. The molecule has 0 spiro atoms. The summed E-state index contributed by atoms with van der Waals surface area (Å²) in [6, 6.07) is 0. The molecule has 1 rings (SSSR count). The second-order valence-corrected chi connectivity index (χ2v) is 5.57. The Balaban J connectivity index is 2.28. The monoisotopic (exact) mass is 275 g/mol. The zero-order chi connectivity index (χ0) is 12.9. The number of hydrogen-bond donors (Lipinski definition) is 3. The van der Waals surface area contributed by atoms with Crippen LogP contribution in [0.3, 0.4) is 0 Å². The fourth-order valence-corrected chi connectivity index (χ4v) is 2.45. The van der Waals surface area contributed by atoms with Gasteiger partial charge in [0.15, 0.2) is 0 Å². The molecule has 3 N–H and O–H groups in total. The largest absolute Gasteiger partial charge is 0.402 e. The molecule has 0 aromatic rings. The van der Waals surface area contributed by atoms with Crippen molar-refractivity contribution in [3.05, 3.63) is 0 Å². The van der Waals surface area contributed by atoms with Crippen molar-refractivity contribution in [2.24, 2.45) is 5.92 Å². The molecule has 102 valence electrons. The predicted octanol–water partition coefficient (Wildman–Crippen LogP) is -0.0277. The molecule has 0 aromatic carbocycles. The molecule has 0 saturated carbocycles. The van der Waals surface area contributed by atoms with E-state index in [2.05, 4.69) is 10.0 Å². The summed E-state index contributed by atoms with van der Waals surface area (Å²) in [5.41, 5.74) is 0. The quantitative estimate of drug-likeness (QED) is 0.660. The maximum Gasteiger partial charge on any atom is 0.402 e. The van der Waals surface area contributed by atoms with Crippen molar-refractivity contribution in [3.63, 3.8) is 0 Å². The highest BCUT2D eigenvalue weighted by Gasteiger charge is 2.29. The van der Waals surface area contributed by atoms with E-state index < -0.39 is 22.9 Å². The van der Waals surface area contributed by atoms with E-state index in [1.54, 1.807) is 0 Å². The van der Waals surface area contributed by atoms with Crippen LogP contribution in [-0.2, 0) is 10.2 Å². The Labute approximate surface area is 98.3 Å². The highest BCUT2D eigenvalue weighted by atomic mass is 32.2. The molecule has 0 unspecified atom stereocenters. The number of alkyl halides is 3. The van der Waals surface area contributed by atoms with Crippen LogP contribution in [0.2, 0.25) is 0 Å². The number of nitrogens with one attached hydrogen (secondary N) is 3. The molecular weight excluding hydrogens is 259 g/mol. The predicted molar refractivity (Wildman–Crippen MR) is 56.6 cm³/mol. The van der Waals surface area contributed by atoms with Crippen LogP contribution in [0.4, 0.5) is 13.2 Å². The molecule has 0 atom stereocenters. The van der Waals surface area contributed by atoms with Crippen molar-refractivity contribution < 1.29 is 21.6 Å². The van der Waals surface area contributed by atoms with Gasteiger partial charge in [0.25, 0.3) is 10.2 Å². The van der Waals surface area contributed by atoms with Gasteiger partial charge >= 0.3 is 6.18 Å². The van der Waals surface area contributed by atoms with Gasteiger partial charge in [0.2, 0.25) is 0 Å². The molecule has 9 heteroatoms. The highest BCUT2D eigenvalue weighted by molar-refractivity contribution is 7.87. The zero-order valence-electron chi connectivity index (χ0n) is 9.18. The zero-order valence-corrected chi connectivity index (χ0v) is 10.00. The Kier molecular flexibility index (Phi) is 5.17. The van der Waals surface area contributed by atoms with Crippen LogP contribution in [0.25, 0.3) is 0 Å². The highest BCUT2D eigenvalue weighted by Crippen LogP contribution is 2.13. The minimum absolute atomic E-state index is 0.175.